The number of hydrogen-bond donors (Lipinski definition) is 1. The average Bonchev–Trinajstić information content (AvgIpc) is 2.38. The van der Waals surface area contributed by atoms with Gasteiger partial charge in [0, 0.05) is 7.05 Å². The van der Waals surface area contributed by atoms with Crippen LogP contribution in [0.1, 0.15) is 18.4 Å². The lowest BCUT2D eigenvalue weighted by atomic mass is 10.1. The highest BCUT2D eigenvalue weighted by atomic mass is 16.6. The van der Waals surface area contributed by atoms with Gasteiger partial charge in [0.05, 0.1) is 6.61 Å². The number of carbonyl (C=O) groups excluding carboxylic acids is 2. The highest BCUT2D eigenvalue weighted by molar-refractivity contribution is 5.89. The van der Waals surface area contributed by atoms with Crippen LogP contribution in [0.5, 0.6) is 0 Å². The number of nitrogens with two attached hydrogens (primary N) is 1. The van der Waals surface area contributed by atoms with Crippen LogP contribution < -0.4 is 5.73 Å². The predicted molar refractivity (Wildman–Crippen MR) is 68.1 cm³/mol. The summed E-state index contributed by atoms with van der Waals surface area (Å²) in [5.74, 6) is 0. The second kappa shape index (κ2) is 7.32. The summed E-state index contributed by atoms with van der Waals surface area (Å²) in [6.45, 7) is 0.295. The van der Waals surface area contributed by atoms with E-state index in [1.165, 1.54) is 12.6 Å². The van der Waals surface area contributed by atoms with E-state index in [1.54, 1.807) is 0 Å². The lowest BCUT2D eigenvalue weighted by molar-refractivity contribution is 0.117. The van der Waals surface area contributed by atoms with E-state index in [-0.39, 0.29) is 0 Å². The molecule has 0 aliphatic rings. The Morgan fingerprint density at radius 1 is 1.22 bits per heavy atom. The number of nitrogens with zero attached hydrogens (tertiary/aromatic N) is 1. The topological polar surface area (TPSA) is 72.6 Å². The third-order valence-electron chi connectivity index (χ3n) is 2.53. The first-order valence-electron chi connectivity index (χ1n) is 5.85. The van der Waals surface area contributed by atoms with Crippen LogP contribution in [0, 0.1) is 0 Å². The number of rotatable bonds is 5. The van der Waals surface area contributed by atoms with Gasteiger partial charge >= 0.3 is 12.1 Å². The first kappa shape index (κ1) is 14.0. The Balaban J connectivity index is 2.12. The van der Waals surface area contributed by atoms with E-state index in [0.29, 0.717) is 6.61 Å². The summed E-state index contributed by atoms with van der Waals surface area (Å²) in [5.41, 5.74) is 6.19. The maximum absolute atomic E-state index is 11.2. The fraction of sp³-hybridized carbons (Fsp3) is 0.385. The molecule has 0 heterocycles. The van der Waals surface area contributed by atoms with Crippen molar-refractivity contribution in [2.24, 2.45) is 5.73 Å². The molecule has 98 valence electrons. The SMILES string of the molecule is CN(C(N)=O)C(=O)OCCCCc1ccccc1. The second-order valence-electron chi connectivity index (χ2n) is 3.95. The van der Waals surface area contributed by atoms with Crippen molar-refractivity contribution in [2.45, 2.75) is 19.3 Å². The molecule has 2 N–H and O–H groups in total. The molecule has 0 unspecified atom stereocenters. The molecular weight excluding hydrogens is 232 g/mol. The number of amides is 3. The molecular formula is C13H18N2O3. The molecule has 0 spiro atoms. The maximum Gasteiger partial charge on any atom is 0.417 e. The first-order valence-corrected chi connectivity index (χ1v) is 5.85. The van der Waals surface area contributed by atoms with E-state index in [4.69, 9.17) is 10.5 Å². The van der Waals surface area contributed by atoms with Crippen LogP contribution in [0.15, 0.2) is 30.3 Å². The Kier molecular flexibility index (Phi) is 5.70. The lowest BCUT2D eigenvalue weighted by Gasteiger charge is -2.12. The summed E-state index contributed by atoms with van der Waals surface area (Å²) in [6, 6.07) is 9.28. The molecule has 5 nitrogen and oxygen atoms in total. The van der Waals surface area contributed by atoms with Crippen LogP contribution >= 0.6 is 0 Å². The van der Waals surface area contributed by atoms with Crippen LogP contribution in [0.2, 0.25) is 0 Å². The van der Waals surface area contributed by atoms with E-state index in [1.807, 2.05) is 18.2 Å². The van der Waals surface area contributed by atoms with Crippen molar-refractivity contribution in [2.75, 3.05) is 13.7 Å². The van der Waals surface area contributed by atoms with Crippen molar-refractivity contribution >= 4 is 12.1 Å². The van der Waals surface area contributed by atoms with Crippen molar-refractivity contribution in [3.8, 4) is 0 Å². The van der Waals surface area contributed by atoms with Crippen LogP contribution in [0.4, 0.5) is 9.59 Å². The molecule has 0 bridgehead atoms. The van der Waals surface area contributed by atoms with Crippen molar-refractivity contribution in [1.29, 1.82) is 0 Å². The van der Waals surface area contributed by atoms with Gasteiger partial charge in [-0.25, -0.2) is 14.5 Å². The normalized spacial score (nSPS) is 9.83. The van der Waals surface area contributed by atoms with Gasteiger partial charge in [-0.15, -0.1) is 0 Å². The van der Waals surface area contributed by atoms with Gasteiger partial charge in [0.25, 0.3) is 0 Å². The highest BCUT2D eigenvalue weighted by Gasteiger charge is 2.13. The zero-order chi connectivity index (χ0) is 13.4. The van der Waals surface area contributed by atoms with E-state index >= 15 is 0 Å². The van der Waals surface area contributed by atoms with Crippen molar-refractivity contribution < 1.29 is 14.3 Å². The van der Waals surface area contributed by atoms with Crippen LogP contribution in [0.3, 0.4) is 0 Å². The summed E-state index contributed by atoms with van der Waals surface area (Å²) < 4.78 is 4.89. The molecule has 0 saturated carbocycles. The van der Waals surface area contributed by atoms with Gasteiger partial charge in [-0.05, 0) is 24.8 Å². The van der Waals surface area contributed by atoms with Gasteiger partial charge in [-0.2, -0.15) is 0 Å². The van der Waals surface area contributed by atoms with E-state index < -0.39 is 12.1 Å². The Morgan fingerprint density at radius 2 is 1.89 bits per heavy atom. The van der Waals surface area contributed by atoms with Crippen LogP contribution in [0.25, 0.3) is 0 Å². The quantitative estimate of drug-likeness (QED) is 0.814. The third kappa shape index (κ3) is 4.86. The molecule has 0 aliphatic carbocycles. The number of ether oxygens (including phenoxy) is 1. The van der Waals surface area contributed by atoms with E-state index in [2.05, 4.69) is 12.1 Å². The summed E-state index contributed by atoms with van der Waals surface area (Å²) in [4.78, 5) is 22.6. The third-order valence-corrected chi connectivity index (χ3v) is 2.53. The number of unbranched alkanes of at least 4 members (excludes halogenated alkanes) is 1. The molecule has 0 aliphatic heterocycles. The number of imide groups is 1. The lowest BCUT2D eigenvalue weighted by Crippen LogP contribution is -2.37. The van der Waals surface area contributed by atoms with Crippen LogP contribution in [-0.4, -0.2) is 30.7 Å². The Morgan fingerprint density at radius 3 is 2.50 bits per heavy atom. The zero-order valence-corrected chi connectivity index (χ0v) is 10.5. The fourth-order valence-corrected chi connectivity index (χ4v) is 1.42. The minimum Gasteiger partial charge on any atom is -0.449 e. The minimum absolute atomic E-state index is 0.295. The highest BCUT2D eigenvalue weighted by Crippen LogP contribution is 2.04. The molecule has 0 aromatic heterocycles. The van der Waals surface area contributed by atoms with E-state index in [0.717, 1.165) is 24.2 Å². The Hall–Kier alpha value is -2.04. The molecule has 0 atom stereocenters. The van der Waals surface area contributed by atoms with Gasteiger partial charge in [0.2, 0.25) is 0 Å². The zero-order valence-electron chi connectivity index (χ0n) is 10.5. The van der Waals surface area contributed by atoms with E-state index in [9.17, 15) is 9.59 Å². The summed E-state index contributed by atoms with van der Waals surface area (Å²) >= 11 is 0. The second-order valence-corrected chi connectivity index (χ2v) is 3.95. The average molecular weight is 250 g/mol. The number of carbonyl (C=O) groups is 2. The summed E-state index contributed by atoms with van der Waals surface area (Å²) in [7, 11) is 1.29. The number of hydrogen-bond acceptors (Lipinski definition) is 3. The number of urea groups is 1. The number of primary amides is 1. The Bertz CT molecular complexity index is 392. The molecule has 5 heteroatoms. The standard InChI is InChI=1S/C13H18N2O3/c1-15(12(14)16)13(17)18-10-6-5-9-11-7-3-2-4-8-11/h2-4,7-8H,5-6,9-10H2,1H3,(H2,14,16). The number of benzene rings is 1. The van der Waals surface area contributed by atoms with Crippen molar-refractivity contribution in [1.82, 2.24) is 4.90 Å². The fourth-order valence-electron chi connectivity index (χ4n) is 1.42. The minimum atomic E-state index is -0.815. The van der Waals surface area contributed by atoms with Gasteiger partial charge in [-0.3, -0.25) is 0 Å². The first-order chi connectivity index (χ1) is 8.61. The molecule has 1 rings (SSSR count). The smallest absolute Gasteiger partial charge is 0.417 e. The van der Waals surface area contributed by atoms with Crippen LogP contribution in [-0.2, 0) is 11.2 Å². The molecule has 18 heavy (non-hydrogen) atoms. The molecule has 0 fully saturated rings. The van der Waals surface area contributed by atoms with Crippen molar-refractivity contribution in [3.63, 3.8) is 0 Å². The molecule has 1 aromatic rings. The van der Waals surface area contributed by atoms with Gasteiger partial charge in [0.15, 0.2) is 0 Å². The monoisotopic (exact) mass is 250 g/mol. The van der Waals surface area contributed by atoms with Gasteiger partial charge < -0.3 is 10.5 Å². The van der Waals surface area contributed by atoms with Gasteiger partial charge in [-0.1, -0.05) is 30.3 Å². The van der Waals surface area contributed by atoms with Gasteiger partial charge in [0.1, 0.15) is 0 Å². The molecule has 0 saturated heterocycles. The maximum atomic E-state index is 11.2. The largest absolute Gasteiger partial charge is 0.449 e. The molecule has 3 amide bonds. The molecule has 0 radical (unpaired) electrons. The predicted octanol–water partition coefficient (Wildman–Crippen LogP) is 2.16. The Labute approximate surface area is 107 Å². The van der Waals surface area contributed by atoms with Crippen molar-refractivity contribution in [3.05, 3.63) is 35.9 Å². The number of aryl methyl sites for hydroxylation is 1. The summed E-state index contributed by atoms with van der Waals surface area (Å²) in [6.07, 6.45) is 1.93. The molecule has 1 aromatic carbocycles. The summed E-state index contributed by atoms with van der Waals surface area (Å²) in [5, 5.41) is 0.